The van der Waals surface area contributed by atoms with E-state index in [1.165, 1.54) is 0 Å². The molecule has 0 heterocycles. The zero-order chi connectivity index (χ0) is 3.58. The molecule has 4 N–H and O–H groups in total. The summed E-state index contributed by atoms with van der Waals surface area (Å²) in [6, 6.07) is 0. The zero-order valence-electron chi connectivity index (χ0n) is 2.92. The first-order valence-electron chi connectivity index (χ1n) is 0.532. The van der Waals surface area contributed by atoms with Crippen molar-refractivity contribution in [2.75, 3.05) is 0 Å². The summed E-state index contributed by atoms with van der Waals surface area (Å²) >= 11 is -2.61. The molecule has 6 heteroatoms. The van der Waals surface area contributed by atoms with E-state index in [9.17, 15) is 0 Å². The summed E-state index contributed by atoms with van der Waals surface area (Å²) in [7, 11) is 0. The fourth-order valence-electron chi connectivity index (χ4n) is 0. The van der Waals surface area contributed by atoms with Crippen molar-refractivity contribution in [3.63, 3.8) is 0 Å². The molecule has 0 saturated heterocycles. The Hall–Kier alpha value is 0.653. The molecule has 0 bridgehead atoms. The second-order valence-electron chi connectivity index (χ2n) is 0.231. The number of rotatable bonds is 0. The van der Waals surface area contributed by atoms with Gasteiger partial charge in [-0.25, -0.2) is 0 Å². The van der Waals surface area contributed by atoms with Crippen molar-refractivity contribution in [3.8, 4) is 0 Å². The largest absolute Gasteiger partial charge is 0.412 e. The first kappa shape index (κ1) is 15.9. The van der Waals surface area contributed by atoms with E-state index < -0.39 is 11.4 Å². The second-order valence-corrected chi connectivity index (χ2v) is 0.692. The van der Waals surface area contributed by atoms with Gasteiger partial charge in [0.1, 0.15) is 0 Å². The third-order valence-electron chi connectivity index (χ3n) is 0. The molecular formula is H4O4SZn. The van der Waals surface area contributed by atoms with E-state index in [1.54, 1.807) is 0 Å². The Morgan fingerprint density at radius 2 is 1.33 bits per heavy atom. The molecule has 0 saturated carbocycles. The van der Waals surface area contributed by atoms with E-state index in [-0.39, 0.29) is 25.0 Å². The van der Waals surface area contributed by atoms with E-state index in [2.05, 4.69) is 0 Å². The van der Waals surface area contributed by atoms with Gasteiger partial charge in [0, 0.05) is 19.5 Å². The van der Waals surface area contributed by atoms with Gasteiger partial charge in [-0.1, -0.05) is 0 Å². The van der Waals surface area contributed by atoms with Gasteiger partial charge >= 0.3 is 0 Å². The van der Waals surface area contributed by atoms with Crippen LogP contribution in [0.25, 0.3) is 0 Å². The summed E-state index contributed by atoms with van der Waals surface area (Å²) in [5, 5.41) is 0. The molecule has 0 aromatic carbocycles. The van der Waals surface area contributed by atoms with E-state index in [0.717, 1.165) is 0 Å². The molecule has 0 amide bonds. The van der Waals surface area contributed by atoms with Crippen molar-refractivity contribution in [3.05, 3.63) is 0 Å². The van der Waals surface area contributed by atoms with Gasteiger partial charge in [0.25, 0.3) is 11.4 Å². The zero-order valence-corrected chi connectivity index (χ0v) is 6.70. The molecule has 0 unspecified atom stereocenters. The van der Waals surface area contributed by atoms with Crippen molar-refractivity contribution in [2.24, 2.45) is 0 Å². The molecule has 36 valence electrons. The molecule has 0 rings (SSSR count). The van der Waals surface area contributed by atoms with Gasteiger partial charge in [0.05, 0.1) is 0 Å². The van der Waals surface area contributed by atoms with Crippen LogP contribution < -0.4 is 0 Å². The normalized spacial score (nSPS) is 5.83. The molecule has 0 fully saturated rings. The third kappa shape index (κ3) is 145. The predicted molar refractivity (Wildman–Crippen MR) is 17.0 cm³/mol. The maximum Gasteiger partial charge on any atom is 0.299 e. The molecule has 0 radical (unpaired) electrons. The first-order chi connectivity index (χ1) is 1.73. The molecule has 0 atom stereocenters. The van der Waals surface area contributed by atoms with E-state index in [4.69, 9.17) is 13.3 Å². The molecular weight excluding hydrogens is 161 g/mol. The molecule has 0 aliphatic carbocycles. The summed E-state index contributed by atoms with van der Waals surface area (Å²) in [6.07, 6.45) is 0. The fourth-order valence-corrected chi connectivity index (χ4v) is 0. The number of hydrogen-bond acceptors (Lipinski definition) is 1. The van der Waals surface area contributed by atoms with Crippen LogP contribution in [0.5, 0.6) is 0 Å². The van der Waals surface area contributed by atoms with Crippen molar-refractivity contribution < 1.29 is 38.3 Å². The third-order valence-corrected chi connectivity index (χ3v) is 0. The Morgan fingerprint density at radius 1 is 1.33 bits per heavy atom. The fraction of sp³-hybridized carbons (Fsp3) is 0. The van der Waals surface area contributed by atoms with Crippen molar-refractivity contribution in [1.29, 1.82) is 0 Å². The van der Waals surface area contributed by atoms with Crippen LogP contribution in [-0.4, -0.2) is 18.8 Å². The maximum absolute atomic E-state index is 8.67. The molecule has 0 aliphatic rings. The Balaban J connectivity index is -0.0000000450. The van der Waals surface area contributed by atoms with Gasteiger partial charge in [-0.3, -0.25) is 9.11 Å². The van der Waals surface area contributed by atoms with Crippen LogP contribution in [0.3, 0.4) is 0 Å². The van der Waals surface area contributed by atoms with Crippen molar-refractivity contribution in [1.82, 2.24) is 0 Å². The summed E-state index contributed by atoms with van der Waals surface area (Å²) in [5.41, 5.74) is 0. The standard InChI is InChI=1S/H2O3S.H2O.Zn/c1-4(2)3;;/h(H2,1,2,3);1H2;. The van der Waals surface area contributed by atoms with E-state index >= 15 is 0 Å². The minimum atomic E-state index is -2.61. The quantitative estimate of drug-likeness (QED) is 0.351. The smallest absolute Gasteiger partial charge is 0.299 e. The van der Waals surface area contributed by atoms with Crippen LogP contribution in [0.4, 0.5) is 0 Å². The van der Waals surface area contributed by atoms with Gasteiger partial charge in [-0.2, -0.15) is 4.21 Å². The van der Waals surface area contributed by atoms with E-state index in [1.807, 2.05) is 0 Å². The topological polar surface area (TPSA) is 89.0 Å². The minimum Gasteiger partial charge on any atom is -0.412 e. The first-order valence-corrected chi connectivity index (χ1v) is 1.60. The van der Waals surface area contributed by atoms with Crippen molar-refractivity contribution in [2.45, 2.75) is 0 Å². The average Bonchev–Trinajstić information content (AvgIpc) is 0.811. The Labute approximate surface area is 50.1 Å². The van der Waals surface area contributed by atoms with Crippen LogP contribution in [0, 0.1) is 0 Å². The Bertz CT molecular complexity index is 30.5. The van der Waals surface area contributed by atoms with Crippen LogP contribution in [0.1, 0.15) is 0 Å². The maximum atomic E-state index is 8.67. The van der Waals surface area contributed by atoms with Crippen LogP contribution in [-0.2, 0) is 30.8 Å². The van der Waals surface area contributed by atoms with Crippen LogP contribution >= 0.6 is 0 Å². The van der Waals surface area contributed by atoms with Gasteiger partial charge in [-0.15, -0.1) is 0 Å². The average molecular weight is 165 g/mol. The molecule has 0 aliphatic heterocycles. The molecule has 0 aromatic heterocycles. The summed E-state index contributed by atoms with van der Waals surface area (Å²) in [4.78, 5) is 0. The molecule has 0 spiro atoms. The molecule has 0 aromatic rings. The van der Waals surface area contributed by atoms with Gasteiger partial charge < -0.3 is 5.48 Å². The van der Waals surface area contributed by atoms with Gasteiger partial charge in [0.15, 0.2) is 0 Å². The Kier molecular flexibility index (Phi) is 24.4. The second kappa shape index (κ2) is 9.17. The van der Waals surface area contributed by atoms with Gasteiger partial charge in [-0.05, 0) is 0 Å². The van der Waals surface area contributed by atoms with Crippen LogP contribution in [0.15, 0.2) is 0 Å². The molecule has 6 heavy (non-hydrogen) atoms. The van der Waals surface area contributed by atoms with Gasteiger partial charge in [0.2, 0.25) is 0 Å². The summed E-state index contributed by atoms with van der Waals surface area (Å²) in [5.74, 6) is 0. The minimum absolute atomic E-state index is 0. The summed E-state index contributed by atoms with van der Waals surface area (Å²) < 4.78 is 22.8. The summed E-state index contributed by atoms with van der Waals surface area (Å²) in [6.45, 7) is 0. The monoisotopic (exact) mass is 164 g/mol. The number of hydrogen-bond donors (Lipinski definition) is 2. The Morgan fingerprint density at radius 3 is 1.33 bits per heavy atom. The SMILES string of the molecule is O.O=S(O)O.[Zn]. The van der Waals surface area contributed by atoms with E-state index in [0.29, 0.717) is 0 Å². The molecule has 4 nitrogen and oxygen atoms in total. The predicted octanol–water partition coefficient (Wildman–Crippen LogP) is -1.15. The van der Waals surface area contributed by atoms with Crippen LogP contribution in [0.2, 0.25) is 0 Å². The van der Waals surface area contributed by atoms with Crippen molar-refractivity contribution >= 4 is 11.4 Å².